The average molecular weight is 507 g/mol. The van der Waals surface area contributed by atoms with Gasteiger partial charge in [0.2, 0.25) is 0 Å². The van der Waals surface area contributed by atoms with E-state index < -0.39 is 0 Å². The fourth-order valence-corrected chi connectivity index (χ4v) is 4.06. The quantitative estimate of drug-likeness (QED) is 0.195. The second-order valence-corrected chi connectivity index (χ2v) is 8.72. The normalized spacial score (nSPS) is 11.3. The minimum Gasteiger partial charge on any atom is -0.494 e. The van der Waals surface area contributed by atoms with E-state index in [1.807, 2.05) is 66.9 Å². The van der Waals surface area contributed by atoms with Crippen LogP contribution in [0.2, 0.25) is 5.02 Å². The molecule has 0 aliphatic heterocycles. The maximum atomic E-state index is 12.5. The predicted octanol–water partition coefficient (Wildman–Crippen LogP) is 5.01. The van der Waals surface area contributed by atoms with Gasteiger partial charge in [-0.25, -0.2) is 5.43 Å². The van der Waals surface area contributed by atoms with Crippen LogP contribution in [0.5, 0.6) is 5.75 Å². The molecule has 0 atom stereocenters. The lowest BCUT2D eigenvalue weighted by molar-refractivity contribution is -0.118. The van der Waals surface area contributed by atoms with Gasteiger partial charge in [-0.1, -0.05) is 29.4 Å². The molecule has 0 radical (unpaired) electrons. The Hall–Kier alpha value is -3.69. The molecule has 0 unspecified atom stereocenters. The van der Waals surface area contributed by atoms with E-state index in [1.54, 1.807) is 24.5 Å². The lowest BCUT2D eigenvalue weighted by Crippen LogP contribution is -2.21. The van der Waals surface area contributed by atoms with Crippen LogP contribution >= 0.6 is 23.4 Å². The van der Waals surface area contributed by atoms with Crippen molar-refractivity contribution < 1.29 is 9.53 Å². The highest BCUT2D eigenvalue weighted by molar-refractivity contribution is 7.99. The van der Waals surface area contributed by atoms with Crippen LogP contribution in [0.4, 0.5) is 0 Å². The Morgan fingerprint density at radius 2 is 1.89 bits per heavy atom. The number of hydrogen-bond acceptors (Lipinski definition) is 7. The number of halogens is 1. The smallest absolute Gasteiger partial charge is 0.250 e. The zero-order valence-electron chi connectivity index (χ0n) is 19.2. The highest BCUT2D eigenvalue weighted by atomic mass is 35.5. The molecule has 0 spiro atoms. The minimum atomic E-state index is -0.257. The summed E-state index contributed by atoms with van der Waals surface area (Å²) in [5.74, 6) is 1.26. The van der Waals surface area contributed by atoms with Crippen molar-refractivity contribution >= 4 is 35.0 Å². The highest BCUT2D eigenvalue weighted by Crippen LogP contribution is 2.29. The van der Waals surface area contributed by atoms with E-state index >= 15 is 0 Å². The van der Waals surface area contributed by atoms with E-state index in [2.05, 4.69) is 25.7 Å². The number of ether oxygens (including phenoxy) is 1. The zero-order chi connectivity index (χ0) is 24.6. The predicted molar refractivity (Wildman–Crippen MR) is 138 cm³/mol. The number of benzene rings is 2. The van der Waals surface area contributed by atoms with Crippen LogP contribution in [-0.2, 0) is 4.79 Å². The highest BCUT2D eigenvalue weighted by Gasteiger charge is 2.17. The van der Waals surface area contributed by atoms with E-state index in [9.17, 15) is 4.79 Å². The molecular formula is C25H23ClN6O2S. The summed E-state index contributed by atoms with van der Waals surface area (Å²) in [6.07, 6.45) is 3.38. The molecule has 8 nitrogen and oxygen atoms in total. The molecule has 0 saturated heterocycles. The Kier molecular flexibility index (Phi) is 8.12. The van der Waals surface area contributed by atoms with Gasteiger partial charge in [0.25, 0.3) is 5.91 Å². The largest absolute Gasteiger partial charge is 0.494 e. The van der Waals surface area contributed by atoms with Gasteiger partial charge in [0.05, 0.1) is 18.1 Å². The summed E-state index contributed by atoms with van der Waals surface area (Å²) in [6, 6.07) is 18.7. The second-order valence-electron chi connectivity index (χ2n) is 7.34. The lowest BCUT2D eigenvalue weighted by atomic mass is 10.2. The average Bonchev–Trinajstić information content (AvgIpc) is 3.31. The van der Waals surface area contributed by atoms with Gasteiger partial charge in [-0.3, -0.25) is 14.3 Å². The number of rotatable bonds is 9. The van der Waals surface area contributed by atoms with Gasteiger partial charge in [0.1, 0.15) is 5.75 Å². The van der Waals surface area contributed by atoms with Gasteiger partial charge in [-0.2, -0.15) is 5.10 Å². The molecule has 4 aromatic rings. The third-order valence-corrected chi connectivity index (χ3v) is 6.08. The fraction of sp³-hybridized carbons (Fsp3) is 0.160. The molecule has 178 valence electrons. The van der Waals surface area contributed by atoms with E-state index in [4.69, 9.17) is 16.3 Å². The van der Waals surface area contributed by atoms with Crippen molar-refractivity contribution in [3.05, 3.63) is 83.6 Å². The number of carbonyl (C=O) groups is 1. The topological polar surface area (TPSA) is 94.3 Å². The van der Waals surface area contributed by atoms with Crippen molar-refractivity contribution in [2.24, 2.45) is 5.10 Å². The number of aromatic nitrogens is 4. The molecule has 0 aliphatic carbocycles. The van der Waals surface area contributed by atoms with Crippen LogP contribution in [0.1, 0.15) is 19.4 Å². The van der Waals surface area contributed by atoms with Crippen molar-refractivity contribution in [3.63, 3.8) is 0 Å². The van der Waals surface area contributed by atoms with E-state index in [-0.39, 0.29) is 11.7 Å². The Bertz CT molecular complexity index is 1310. The van der Waals surface area contributed by atoms with Gasteiger partial charge < -0.3 is 4.74 Å². The monoisotopic (exact) mass is 506 g/mol. The molecule has 2 heterocycles. The number of pyridine rings is 1. The number of hydrogen-bond donors (Lipinski definition) is 1. The molecule has 2 aromatic heterocycles. The van der Waals surface area contributed by atoms with Crippen molar-refractivity contribution in [2.75, 3.05) is 12.4 Å². The number of nitrogens with one attached hydrogen (secondary N) is 1. The van der Waals surface area contributed by atoms with Gasteiger partial charge in [-0.15, -0.1) is 10.2 Å². The van der Waals surface area contributed by atoms with Crippen LogP contribution in [0, 0.1) is 0 Å². The fourth-order valence-electron chi connectivity index (χ4n) is 3.19. The van der Waals surface area contributed by atoms with Crippen LogP contribution in [0.15, 0.2) is 83.3 Å². The first-order valence-electron chi connectivity index (χ1n) is 10.9. The molecular weight excluding hydrogens is 484 g/mol. The molecule has 4 rings (SSSR count). The summed E-state index contributed by atoms with van der Waals surface area (Å²) in [7, 11) is 0. The number of nitrogens with zero attached hydrogens (tertiary/aromatic N) is 5. The molecule has 1 amide bonds. The van der Waals surface area contributed by atoms with Crippen LogP contribution in [0.3, 0.4) is 0 Å². The zero-order valence-corrected chi connectivity index (χ0v) is 20.8. The standard InChI is InChI=1S/C25H23ClN6O2S/c1-3-34-22-12-10-21(11-13-22)32-24(18-6-8-20(26)9-7-18)30-31-25(32)35-16-23(33)29-28-17(2)19-5-4-14-27-15-19/h4-15H,3,16H2,1-2H3,(H,29,33)/b28-17-. The molecule has 10 heteroatoms. The third-order valence-electron chi connectivity index (χ3n) is 4.90. The maximum absolute atomic E-state index is 12.5. The van der Waals surface area contributed by atoms with Crippen molar-refractivity contribution in [1.82, 2.24) is 25.2 Å². The van der Waals surface area contributed by atoms with Crippen LogP contribution in [-0.4, -0.2) is 43.7 Å². The van der Waals surface area contributed by atoms with E-state index in [0.717, 1.165) is 22.6 Å². The van der Waals surface area contributed by atoms with E-state index in [0.29, 0.717) is 28.3 Å². The van der Waals surface area contributed by atoms with Crippen molar-refractivity contribution in [3.8, 4) is 22.8 Å². The second kappa shape index (κ2) is 11.6. The Morgan fingerprint density at radius 1 is 1.11 bits per heavy atom. The molecule has 2 aromatic carbocycles. The lowest BCUT2D eigenvalue weighted by Gasteiger charge is -2.11. The van der Waals surface area contributed by atoms with E-state index in [1.165, 1.54) is 11.8 Å². The van der Waals surface area contributed by atoms with Crippen LogP contribution in [0.25, 0.3) is 17.1 Å². The number of hydrazone groups is 1. The third kappa shape index (κ3) is 6.26. The summed E-state index contributed by atoms with van der Waals surface area (Å²) in [5, 5.41) is 14.1. The van der Waals surface area contributed by atoms with Gasteiger partial charge >= 0.3 is 0 Å². The van der Waals surface area contributed by atoms with Crippen molar-refractivity contribution in [2.45, 2.75) is 19.0 Å². The molecule has 0 aliphatic rings. The summed E-state index contributed by atoms with van der Waals surface area (Å²) in [4.78, 5) is 16.6. The summed E-state index contributed by atoms with van der Waals surface area (Å²) < 4.78 is 7.47. The number of amides is 1. The molecule has 35 heavy (non-hydrogen) atoms. The summed E-state index contributed by atoms with van der Waals surface area (Å²) in [6.45, 7) is 4.33. The van der Waals surface area contributed by atoms with Gasteiger partial charge in [-0.05, 0) is 68.4 Å². The molecule has 0 bridgehead atoms. The number of carbonyl (C=O) groups excluding carboxylic acids is 1. The molecule has 1 N–H and O–H groups in total. The summed E-state index contributed by atoms with van der Waals surface area (Å²) >= 11 is 7.33. The van der Waals surface area contributed by atoms with Gasteiger partial charge in [0.15, 0.2) is 11.0 Å². The molecule has 0 fully saturated rings. The summed E-state index contributed by atoms with van der Waals surface area (Å²) in [5.41, 5.74) is 5.79. The Labute approximate surface area is 212 Å². The first kappa shape index (κ1) is 24.4. The van der Waals surface area contributed by atoms with Gasteiger partial charge in [0, 0.05) is 34.2 Å². The Morgan fingerprint density at radius 3 is 2.57 bits per heavy atom. The van der Waals surface area contributed by atoms with Crippen LogP contribution < -0.4 is 10.2 Å². The SMILES string of the molecule is CCOc1ccc(-n2c(SCC(=O)N/N=C(/C)c3cccnc3)nnc2-c2ccc(Cl)cc2)cc1. The minimum absolute atomic E-state index is 0.111. The molecule has 0 saturated carbocycles. The maximum Gasteiger partial charge on any atom is 0.250 e. The Balaban J connectivity index is 1.55. The number of thioether (sulfide) groups is 1. The first-order valence-corrected chi connectivity index (χ1v) is 12.2. The van der Waals surface area contributed by atoms with Crippen molar-refractivity contribution in [1.29, 1.82) is 0 Å². The first-order chi connectivity index (χ1) is 17.0.